The summed E-state index contributed by atoms with van der Waals surface area (Å²) in [6, 6.07) is 13.2. The van der Waals surface area contributed by atoms with E-state index < -0.39 is 0 Å². The monoisotopic (exact) mass is 245 g/mol. The fourth-order valence-corrected chi connectivity index (χ4v) is 1.46. The maximum Gasteiger partial charge on any atom is 0.211 e. The molecular weight excluding hydrogens is 233 g/mol. The highest BCUT2D eigenvalue weighted by atomic mass is 19.1. The second-order valence-corrected chi connectivity index (χ2v) is 3.70. The number of amides is 1. The van der Waals surface area contributed by atoms with E-state index >= 15 is 0 Å². The molecule has 0 saturated heterocycles. The lowest BCUT2D eigenvalue weighted by molar-refractivity contribution is -0.105. The van der Waals surface area contributed by atoms with Crippen molar-refractivity contribution in [3.05, 3.63) is 59.9 Å². The Kier molecular flexibility index (Phi) is 3.91. The normalized spacial score (nSPS) is 9.83. The van der Waals surface area contributed by atoms with Crippen molar-refractivity contribution < 1.29 is 13.9 Å². The van der Waals surface area contributed by atoms with Gasteiger partial charge in [-0.2, -0.15) is 0 Å². The minimum absolute atomic E-state index is 0.261. The molecule has 0 atom stereocenters. The molecule has 2 rings (SSSR count). The van der Waals surface area contributed by atoms with Crippen LogP contribution in [-0.4, -0.2) is 6.41 Å². The number of ether oxygens (including phenoxy) is 1. The molecule has 0 spiro atoms. The average Bonchev–Trinajstić information content (AvgIpc) is 2.40. The number of rotatable bonds is 5. The highest BCUT2D eigenvalue weighted by molar-refractivity contribution is 5.71. The van der Waals surface area contributed by atoms with Crippen molar-refractivity contribution >= 4 is 12.1 Å². The Morgan fingerprint density at radius 3 is 2.33 bits per heavy atom. The highest BCUT2D eigenvalue weighted by Gasteiger charge is 1.97. The summed E-state index contributed by atoms with van der Waals surface area (Å²) in [5.74, 6) is 0.429. The summed E-state index contributed by atoms with van der Waals surface area (Å²) in [5.41, 5.74) is 1.60. The van der Waals surface area contributed by atoms with Crippen molar-refractivity contribution in [1.29, 1.82) is 0 Å². The third-order valence-electron chi connectivity index (χ3n) is 2.40. The van der Waals surface area contributed by atoms with E-state index in [-0.39, 0.29) is 5.82 Å². The molecule has 0 bridgehead atoms. The molecule has 0 aliphatic heterocycles. The quantitative estimate of drug-likeness (QED) is 0.822. The first-order valence-electron chi connectivity index (χ1n) is 5.45. The molecule has 0 aliphatic carbocycles. The van der Waals surface area contributed by atoms with E-state index in [0.717, 1.165) is 5.56 Å². The molecule has 2 aromatic carbocycles. The molecule has 2 aromatic rings. The van der Waals surface area contributed by atoms with Crippen molar-refractivity contribution in [2.24, 2.45) is 0 Å². The first kappa shape index (κ1) is 12.1. The molecule has 0 aliphatic rings. The Bertz CT molecular complexity index is 508. The fourth-order valence-electron chi connectivity index (χ4n) is 1.46. The number of nitrogens with one attached hydrogen (secondary N) is 1. The molecule has 1 amide bonds. The Morgan fingerprint density at radius 2 is 1.72 bits per heavy atom. The predicted molar refractivity (Wildman–Crippen MR) is 66.9 cm³/mol. The van der Waals surface area contributed by atoms with E-state index in [1.54, 1.807) is 36.4 Å². The highest BCUT2D eigenvalue weighted by Crippen LogP contribution is 2.16. The number of hydrogen-bond donors (Lipinski definition) is 1. The first-order valence-corrected chi connectivity index (χ1v) is 5.45. The van der Waals surface area contributed by atoms with Crippen LogP contribution in [0.25, 0.3) is 0 Å². The van der Waals surface area contributed by atoms with Crippen molar-refractivity contribution in [1.82, 2.24) is 0 Å². The molecule has 0 aromatic heterocycles. The number of carbonyl (C=O) groups is 1. The van der Waals surface area contributed by atoms with Crippen LogP contribution in [0.1, 0.15) is 5.56 Å². The molecule has 0 saturated carbocycles. The third-order valence-corrected chi connectivity index (χ3v) is 2.40. The van der Waals surface area contributed by atoms with Gasteiger partial charge in [-0.05, 0) is 42.0 Å². The molecule has 1 N–H and O–H groups in total. The van der Waals surface area contributed by atoms with Crippen LogP contribution in [-0.2, 0) is 11.4 Å². The van der Waals surface area contributed by atoms with Crippen LogP contribution in [0.2, 0.25) is 0 Å². The molecule has 0 radical (unpaired) electrons. The Balaban J connectivity index is 1.93. The zero-order valence-electron chi connectivity index (χ0n) is 9.60. The van der Waals surface area contributed by atoms with Crippen LogP contribution < -0.4 is 10.1 Å². The summed E-state index contributed by atoms with van der Waals surface area (Å²) >= 11 is 0. The van der Waals surface area contributed by atoms with Gasteiger partial charge in [-0.3, -0.25) is 4.79 Å². The zero-order chi connectivity index (χ0) is 12.8. The van der Waals surface area contributed by atoms with Crippen LogP contribution >= 0.6 is 0 Å². The van der Waals surface area contributed by atoms with Crippen molar-refractivity contribution in [2.75, 3.05) is 5.32 Å². The Labute approximate surface area is 104 Å². The van der Waals surface area contributed by atoms with E-state index in [0.29, 0.717) is 24.5 Å². The number of hydrogen-bond acceptors (Lipinski definition) is 2. The van der Waals surface area contributed by atoms with Gasteiger partial charge in [0.1, 0.15) is 18.2 Å². The average molecular weight is 245 g/mol. The summed E-state index contributed by atoms with van der Waals surface area (Å²) < 4.78 is 18.2. The van der Waals surface area contributed by atoms with E-state index in [9.17, 15) is 9.18 Å². The van der Waals surface area contributed by atoms with Crippen LogP contribution in [0.15, 0.2) is 48.5 Å². The van der Waals surface area contributed by atoms with E-state index in [1.165, 1.54) is 12.1 Å². The largest absolute Gasteiger partial charge is 0.489 e. The minimum Gasteiger partial charge on any atom is -0.489 e. The van der Waals surface area contributed by atoms with Crippen LogP contribution in [0.4, 0.5) is 10.1 Å². The minimum atomic E-state index is -0.261. The Hall–Kier alpha value is -2.36. The zero-order valence-corrected chi connectivity index (χ0v) is 9.60. The topological polar surface area (TPSA) is 38.3 Å². The lowest BCUT2D eigenvalue weighted by atomic mass is 10.2. The molecular formula is C14H12FNO2. The van der Waals surface area contributed by atoms with Gasteiger partial charge >= 0.3 is 0 Å². The number of anilines is 1. The molecule has 0 heterocycles. The third kappa shape index (κ3) is 3.31. The maximum atomic E-state index is 12.7. The maximum absolute atomic E-state index is 12.7. The lowest BCUT2D eigenvalue weighted by Crippen LogP contribution is -1.96. The number of carbonyl (C=O) groups excluding carboxylic acids is 1. The summed E-state index contributed by atoms with van der Waals surface area (Å²) in [4.78, 5) is 10.2. The van der Waals surface area contributed by atoms with Crippen LogP contribution in [0, 0.1) is 5.82 Å². The number of benzene rings is 2. The first-order chi connectivity index (χ1) is 8.78. The molecule has 4 heteroatoms. The van der Waals surface area contributed by atoms with E-state index in [4.69, 9.17) is 4.74 Å². The predicted octanol–water partition coefficient (Wildman–Crippen LogP) is 2.97. The SMILES string of the molecule is O=CNc1ccc(OCc2ccc(F)cc2)cc1. The second-order valence-electron chi connectivity index (χ2n) is 3.70. The van der Waals surface area contributed by atoms with E-state index in [1.807, 2.05) is 0 Å². The van der Waals surface area contributed by atoms with Gasteiger partial charge in [-0.15, -0.1) is 0 Å². The van der Waals surface area contributed by atoms with Crippen molar-refractivity contribution in [2.45, 2.75) is 6.61 Å². The molecule has 0 unspecified atom stereocenters. The van der Waals surface area contributed by atoms with Gasteiger partial charge in [0, 0.05) is 5.69 Å². The van der Waals surface area contributed by atoms with Gasteiger partial charge < -0.3 is 10.1 Å². The Morgan fingerprint density at radius 1 is 1.06 bits per heavy atom. The van der Waals surface area contributed by atoms with Gasteiger partial charge in [-0.25, -0.2) is 4.39 Å². The van der Waals surface area contributed by atoms with Crippen LogP contribution in [0.5, 0.6) is 5.75 Å². The molecule has 18 heavy (non-hydrogen) atoms. The summed E-state index contributed by atoms with van der Waals surface area (Å²) in [7, 11) is 0. The van der Waals surface area contributed by atoms with Gasteiger partial charge in [0.25, 0.3) is 0 Å². The molecule has 0 fully saturated rings. The second kappa shape index (κ2) is 5.82. The number of halogens is 1. The van der Waals surface area contributed by atoms with E-state index in [2.05, 4.69) is 5.32 Å². The van der Waals surface area contributed by atoms with Crippen molar-refractivity contribution in [3.63, 3.8) is 0 Å². The standard InChI is InChI=1S/C14H12FNO2/c15-12-3-1-11(2-4-12)9-18-14-7-5-13(6-8-14)16-10-17/h1-8,10H,9H2,(H,16,17). The summed E-state index contributed by atoms with van der Waals surface area (Å²) in [6.45, 7) is 0.376. The van der Waals surface area contributed by atoms with Gasteiger partial charge in [-0.1, -0.05) is 12.1 Å². The fraction of sp³-hybridized carbons (Fsp3) is 0.0714. The lowest BCUT2D eigenvalue weighted by Gasteiger charge is -2.07. The van der Waals surface area contributed by atoms with Gasteiger partial charge in [0.05, 0.1) is 0 Å². The smallest absolute Gasteiger partial charge is 0.211 e. The van der Waals surface area contributed by atoms with Crippen molar-refractivity contribution in [3.8, 4) is 5.75 Å². The molecule has 3 nitrogen and oxygen atoms in total. The summed E-state index contributed by atoms with van der Waals surface area (Å²) in [5, 5.41) is 2.54. The van der Waals surface area contributed by atoms with Gasteiger partial charge in [0.2, 0.25) is 6.41 Å². The molecule has 92 valence electrons. The van der Waals surface area contributed by atoms with Crippen LogP contribution in [0.3, 0.4) is 0 Å². The summed E-state index contributed by atoms with van der Waals surface area (Å²) in [6.07, 6.45) is 0.619. The van der Waals surface area contributed by atoms with Gasteiger partial charge in [0.15, 0.2) is 0 Å².